The number of carbonyl (C=O) groups excluding carboxylic acids is 5. The third kappa shape index (κ3) is 3.49. The van der Waals surface area contributed by atoms with E-state index in [2.05, 4.69) is 16.2 Å². The van der Waals surface area contributed by atoms with Crippen LogP contribution >= 0.6 is 0 Å². The molecule has 2 heterocycles. The molecule has 1 atom stereocenters. The number of para-hydroxylation sites is 1. The first-order chi connectivity index (χ1) is 14.3. The van der Waals surface area contributed by atoms with E-state index < -0.39 is 23.4 Å². The topological polar surface area (TPSA) is 128 Å². The second-order valence-electron chi connectivity index (χ2n) is 7.92. The van der Waals surface area contributed by atoms with Gasteiger partial charge >= 0.3 is 11.8 Å². The van der Waals surface area contributed by atoms with Crippen LogP contribution in [0.1, 0.15) is 49.4 Å². The molecular formula is C20H23N5O5. The monoisotopic (exact) mass is 413 g/mol. The standard InChI is InChI=1S/C20H23N5O5/c1-20-10-8-16(27)25(20)14-5-3-2-4-13(14)19(30)24(20)11-9-15(26)22-23-18(29)17(28)21-12-6-7-12/h2-5,12H,6-11H2,1H3,(H,21,28)(H,22,26)(H,23,29). The molecule has 3 aliphatic rings. The van der Waals surface area contributed by atoms with Crippen molar-refractivity contribution in [3.63, 3.8) is 0 Å². The van der Waals surface area contributed by atoms with E-state index in [4.69, 9.17) is 0 Å². The van der Waals surface area contributed by atoms with E-state index in [0.717, 1.165) is 12.8 Å². The molecule has 1 aromatic rings. The fourth-order valence-electron chi connectivity index (χ4n) is 3.98. The van der Waals surface area contributed by atoms with E-state index in [1.54, 1.807) is 29.2 Å². The first-order valence-electron chi connectivity index (χ1n) is 9.95. The number of fused-ring (bicyclic) bond motifs is 3. The van der Waals surface area contributed by atoms with Gasteiger partial charge in [-0.15, -0.1) is 0 Å². The second kappa shape index (κ2) is 7.43. The number of benzene rings is 1. The minimum Gasteiger partial charge on any atom is -0.345 e. The van der Waals surface area contributed by atoms with Gasteiger partial charge in [-0.3, -0.25) is 39.7 Å². The minimum atomic E-state index is -0.947. The van der Waals surface area contributed by atoms with Gasteiger partial charge in [0.1, 0.15) is 5.66 Å². The highest BCUT2D eigenvalue weighted by Gasteiger charge is 2.52. The average Bonchev–Trinajstić information content (AvgIpc) is 3.48. The maximum atomic E-state index is 13.1. The molecule has 158 valence electrons. The van der Waals surface area contributed by atoms with Gasteiger partial charge in [0, 0.05) is 25.4 Å². The van der Waals surface area contributed by atoms with Gasteiger partial charge in [-0.2, -0.15) is 0 Å². The molecule has 0 spiro atoms. The summed E-state index contributed by atoms with van der Waals surface area (Å²) in [6.45, 7) is 1.87. The van der Waals surface area contributed by atoms with Gasteiger partial charge in [-0.05, 0) is 38.3 Å². The molecule has 1 aromatic carbocycles. The first-order valence-corrected chi connectivity index (χ1v) is 9.95. The second-order valence-corrected chi connectivity index (χ2v) is 7.92. The molecule has 2 fully saturated rings. The highest BCUT2D eigenvalue weighted by atomic mass is 16.2. The normalized spacial score (nSPS) is 22.3. The maximum Gasteiger partial charge on any atom is 0.327 e. The summed E-state index contributed by atoms with van der Waals surface area (Å²) in [6, 6.07) is 6.95. The summed E-state index contributed by atoms with van der Waals surface area (Å²) in [5.41, 5.74) is 4.42. The lowest BCUT2D eigenvalue weighted by Gasteiger charge is -2.48. The highest BCUT2D eigenvalue weighted by Crippen LogP contribution is 2.43. The van der Waals surface area contributed by atoms with E-state index in [0.29, 0.717) is 24.1 Å². The predicted molar refractivity (Wildman–Crippen MR) is 105 cm³/mol. The van der Waals surface area contributed by atoms with Crippen molar-refractivity contribution in [3.8, 4) is 0 Å². The zero-order valence-electron chi connectivity index (χ0n) is 16.6. The van der Waals surface area contributed by atoms with Crippen molar-refractivity contribution in [1.29, 1.82) is 0 Å². The van der Waals surface area contributed by atoms with Crippen molar-refractivity contribution < 1.29 is 24.0 Å². The average molecular weight is 413 g/mol. The SMILES string of the molecule is CC12CCC(=O)N1c1ccccc1C(=O)N2CCC(=O)NNC(=O)C(=O)NC1CC1. The number of hydrogen-bond donors (Lipinski definition) is 3. The zero-order valence-corrected chi connectivity index (χ0v) is 16.6. The number of nitrogens with zero attached hydrogens (tertiary/aromatic N) is 2. The first kappa shape index (κ1) is 19.9. The van der Waals surface area contributed by atoms with Crippen molar-refractivity contribution in [1.82, 2.24) is 21.1 Å². The third-order valence-electron chi connectivity index (χ3n) is 5.74. The van der Waals surface area contributed by atoms with Crippen molar-refractivity contribution in [2.45, 2.75) is 50.7 Å². The molecule has 10 heteroatoms. The van der Waals surface area contributed by atoms with E-state index in [1.807, 2.05) is 6.92 Å². The molecule has 2 aliphatic heterocycles. The van der Waals surface area contributed by atoms with Crippen molar-refractivity contribution in [2.75, 3.05) is 11.4 Å². The smallest absolute Gasteiger partial charge is 0.327 e. The van der Waals surface area contributed by atoms with Crippen LogP contribution in [0, 0.1) is 0 Å². The van der Waals surface area contributed by atoms with Crippen LogP contribution in [0.3, 0.4) is 0 Å². The summed E-state index contributed by atoms with van der Waals surface area (Å²) in [6.07, 6.45) is 2.36. The van der Waals surface area contributed by atoms with E-state index >= 15 is 0 Å². The molecule has 0 radical (unpaired) electrons. The van der Waals surface area contributed by atoms with Crippen LogP contribution in [-0.2, 0) is 19.2 Å². The Morgan fingerprint density at radius 1 is 1.10 bits per heavy atom. The van der Waals surface area contributed by atoms with Crippen molar-refractivity contribution >= 4 is 35.2 Å². The van der Waals surface area contributed by atoms with Gasteiger partial charge in [-0.1, -0.05) is 12.1 Å². The molecular weight excluding hydrogens is 390 g/mol. The number of rotatable bonds is 4. The number of hydrogen-bond acceptors (Lipinski definition) is 5. The Hall–Kier alpha value is -3.43. The Morgan fingerprint density at radius 2 is 1.83 bits per heavy atom. The quantitative estimate of drug-likeness (QED) is 0.465. The van der Waals surface area contributed by atoms with Gasteiger partial charge in [-0.25, -0.2) is 0 Å². The summed E-state index contributed by atoms with van der Waals surface area (Å²) in [7, 11) is 0. The summed E-state index contributed by atoms with van der Waals surface area (Å²) in [5.74, 6) is -2.61. The van der Waals surface area contributed by atoms with E-state index in [1.165, 1.54) is 4.90 Å². The lowest BCUT2D eigenvalue weighted by Crippen LogP contribution is -2.62. The third-order valence-corrected chi connectivity index (χ3v) is 5.74. The van der Waals surface area contributed by atoms with E-state index in [-0.39, 0.29) is 30.8 Å². The Kier molecular flexibility index (Phi) is 4.92. The summed E-state index contributed by atoms with van der Waals surface area (Å²) >= 11 is 0. The van der Waals surface area contributed by atoms with E-state index in [9.17, 15) is 24.0 Å². The summed E-state index contributed by atoms with van der Waals surface area (Å²) in [4.78, 5) is 64.2. The Labute approximate surface area is 172 Å². The number of anilines is 1. The van der Waals surface area contributed by atoms with Gasteiger partial charge in [0.15, 0.2) is 0 Å². The van der Waals surface area contributed by atoms with Crippen LogP contribution in [0.5, 0.6) is 0 Å². The van der Waals surface area contributed by atoms with Crippen molar-refractivity contribution in [3.05, 3.63) is 29.8 Å². The van der Waals surface area contributed by atoms with Crippen LogP contribution in [0.4, 0.5) is 5.69 Å². The Bertz CT molecular complexity index is 943. The zero-order chi connectivity index (χ0) is 21.5. The predicted octanol–water partition coefficient (Wildman–Crippen LogP) is -0.198. The fourth-order valence-corrected chi connectivity index (χ4v) is 3.98. The van der Waals surface area contributed by atoms with Gasteiger partial charge in [0.2, 0.25) is 11.8 Å². The molecule has 1 unspecified atom stereocenters. The van der Waals surface area contributed by atoms with Gasteiger partial charge in [0.25, 0.3) is 5.91 Å². The molecule has 1 saturated heterocycles. The molecule has 0 bridgehead atoms. The summed E-state index contributed by atoms with van der Waals surface area (Å²) < 4.78 is 0. The summed E-state index contributed by atoms with van der Waals surface area (Å²) in [5, 5.41) is 2.52. The van der Waals surface area contributed by atoms with Gasteiger partial charge in [0.05, 0.1) is 11.3 Å². The molecule has 1 saturated carbocycles. The van der Waals surface area contributed by atoms with Crippen LogP contribution in [0.25, 0.3) is 0 Å². The van der Waals surface area contributed by atoms with Crippen LogP contribution in [0.15, 0.2) is 24.3 Å². The molecule has 0 aromatic heterocycles. The maximum absolute atomic E-state index is 13.1. The van der Waals surface area contributed by atoms with Gasteiger partial charge < -0.3 is 10.2 Å². The Morgan fingerprint density at radius 3 is 2.57 bits per heavy atom. The molecule has 3 N–H and O–H groups in total. The molecule has 1 aliphatic carbocycles. The molecule has 4 rings (SSSR count). The number of carbonyl (C=O) groups is 5. The van der Waals surface area contributed by atoms with Crippen LogP contribution in [0.2, 0.25) is 0 Å². The molecule has 30 heavy (non-hydrogen) atoms. The lowest BCUT2D eigenvalue weighted by atomic mass is 9.98. The Balaban J connectivity index is 1.39. The number of amides is 5. The number of nitrogens with one attached hydrogen (secondary N) is 3. The highest BCUT2D eigenvalue weighted by molar-refractivity contribution is 6.35. The minimum absolute atomic E-state index is 0.0322. The largest absolute Gasteiger partial charge is 0.345 e. The number of hydrazine groups is 1. The molecule has 10 nitrogen and oxygen atoms in total. The molecule has 5 amide bonds. The van der Waals surface area contributed by atoms with Crippen LogP contribution in [-0.4, -0.2) is 52.7 Å². The van der Waals surface area contributed by atoms with Crippen LogP contribution < -0.4 is 21.1 Å². The van der Waals surface area contributed by atoms with Crippen molar-refractivity contribution in [2.24, 2.45) is 0 Å². The fraction of sp³-hybridized carbons (Fsp3) is 0.450. The lowest BCUT2D eigenvalue weighted by molar-refractivity contribution is -0.141.